The summed E-state index contributed by atoms with van der Waals surface area (Å²) in [5.74, 6) is -1.24. The Kier molecular flexibility index (Phi) is 7.86. The molecule has 1 heterocycles. The quantitative estimate of drug-likeness (QED) is 0.498. The summed E-state index contributed by atoms with van der Waals surface area (Å²) < 4.78 is 13.6. The number of carbonyl (C=O) groups is 1. The number of halogens is 3. The minimum atomic E-state index is -0.471. The number of hydrogen-bond acceptors (Lipinski definition) is 3. The van der Waals surface area contributed by atoms with Gasteiger partial charge >= 0.3 is 0 Å². The van der Waals surface area contributed by atoms with Crippen molar-refractivity contribution >= 4 is 47.6 Å². The van der Waals surface area contributed by atoms with E-state index in [2.05, 4.69) is 4.98 Å². The van der Waals surface area contributed by atoms with E-state index in [4.69, 9.17) is 16.9 Å². The van der Waals surface area contributed by atoms with Gasteiger partial charge in [-0.25, -0.2) is 4.39 Å². The molecule has 0 fully saturated rings. The zero-order valence-corrected chi connectivity index (χ0v) is 13.3. The number of rotatable bonds is 4. The highest BCUT2D eigenvalue weighted by molar-refractivity contribution is 6.05. The molecule has 1 aromatic heterocycles. The number of aromatic amines is 1. The first-order valence-electron chi connectivity index (χ1n) is 6.17. The first-order valence-corrected chi connectivity index (χ1v) is 6.17. The topological polar surface area (TPSA) is 112 Å². The number of nitrogens with zero attached hydrogens (tertiary/aromatic N) is 1. The predicted molar refractivity (Wildman–Crippen MR) is 89.4 cm³/mol. The highest BCUT2D eigenvalue weighted by Crippen LogP contribution is 2.19. The van der Waals surface area contributed by atoms with Crippen LogP contribution in [0.4, 0.5) is 4.39 Å². The van der Waals surface area contributed by atoms with E-state index in [1.165, 1.54) is 12.1 Å². The average molecular weight is 350 g/mol. The number of aromatic nitrogens is 1. The van der Waals surface area contributed by atoms with Crippen LogP contribution in [0, 0.1) is 11.2 Å². The largest absolute Gasteiger partial charge is 0.370 e. The van der Waals surface area contributed by atoms with Gasteiger partial charge in [0.25, 0.3) is 5.91 Å². The van der Waals surface area contributed by atoms with E-state index in [0.717, 1.165) is 4.90 Å². The molecule has 0 unspecified atom stereocenters. The first kappa shape index (κ1) is 20.2. The van der Waals surface area contributed by atoms with Gasteiger partial charge in [-0.3, -0.25) is 15.1 Å². The molecule has 0 saturated heterocycles. The Balaban J connectivity index is 0.00000220. The summed E-state index contributed by atoms with van der Waals surface area (Å²) >= 11 is 0. The normalized spacial score (nSPS) is 9.73. The SMILES string of the molecule is Cl.Cl.N=C(N)N(CCCN)C(=O)c1cc2c(F)cccc2[nH]1. The van der Waals surface area contributed by atoms with Crippen LogP contribution in [0.2, 0.25) is 0 Å². The molecule has 22 heavy (non-hydrogen) atoms. The Bertz CT molecular complexity index is 661. The molecule has 2 rings (SSSR count). The fourth-order valence-electron chi connectivity index (χ4n) is 1.96. The van der Waals surface area contributed by atoms with Crippen molar-refractivity contribution in [2.75, 3.05) is 13.1 Å². The van der Waals surface area contributed by atoms with E-state index in [1.54, 1.807) is 12.1 Å². The van der Waals surface area contributed by atoms with Gasteiger partial charge in [-0.15, -0.1) is 24.8 Å². The van der Waals surface area contributed by atoms with Gasteiger partial charge < -0.3 is 16.5 Å². The Labute approximate surface area is 139 Å². The molecule has 0 bridgehead atoms. The number of nitrogens with one attached hydrogen (secondary N) is 2. The van der Waals surface area contributed by atoms with Crippen LogP contribution in [0.5, 0.6) is 0 Å². The van der Waals surface area contributed by atoms with Crippen LogP contribution in [0.25, 0.3) is 10.9 Å². The molecule has 0 spiro atoms. The van der Waals surface area contributed by atoms with Crippen molar-refractivity contribution in [3.05, 3.63) is 35.8 Å². The zero-order valence-electron chi connectivity index (χ0n) is 11.6. The number of benzene rings is 1. The van der Waals surface area contributed by atoms with Gasteiger partial charge in [-0.05, 0) is 31.2 Å². The molecule has 122 valence electrons. The van der Waals surface area contributed by atoms with E-state index in [0.29, 0.717) is 23.9 Å². The third-order valence-corrected chi connectivity index (χ3v) is 2.96. The molecule has 6 nitrogen and oxygen atoms in total. The molecule has 0 atom stereocenters. The maximum Gasteiger partial charge on any atom is 0.277 e. The summed E-state index contributed by atoms with van der Waals surface area (Å²) in [6.45, 7) is 0.640. The maximum atomic E-state index is 13.6. The fourth-order valence-corrected chi connectivity index (χ4v) is 1.96. The highest BCUT2D eigenvalue weighted by Gasteiger charge is 2.20. The standard InChI is InChI=1S/C13H16FN5O.2ClH/c14-9-3-1-4-10-8(9)7-11(18-10)12(20)19(13(16)17)6-2-5-15;;/h1,3-4,7,18H,2,5-6,15H2,(H3,16,17);2*1H. The van der Waals surface area contributed by atoms with E-state index in [9.17, 15) is 9.18 Å². The molecular formula is C13H18Cl2FN5O. The molecule has 6 N–H and O–H groups in total. The van der Waals surface area contributed by atoms with Crippen LogP contribution < -0.4 is 11.5 Å². The van der Waals surface area contributed by atoms with Crippen molar-refractivity contribution in [3.8, 4) is 0 Å². The van der Waals surface area contributed by atoms with Crippen LogP contribution >= 0.6 is 24.8 Å². The molecule has 1 amide bonds. The Morgan fingerprint density at radius 1 is 1.36 bits per heavy atom. The smallest absolute Gasteiger partial charge is 0.277 e. The van der Waals surface area contributed by atoms with Crippen molar-refractivity contribution in [2.45, 2.75) is 6.42 Å². The summed E-state index contributed by atoms with van der Waals surface area (Å²) in [4.78, 5) is 16.2. The van der Waals surface area contributed by atoms with E-state index in [-0.39, 0.29) is 43.0 Å². The molecule has 0 aliphatic carbocycles. The van der Waals surface area contributed by atoms with Gasteiger partial charge in [0.05, 0.1) is 0 Å². The number of carbonyl (C=O) groups excluding carboxylic acids is 1. The summed E-state index contributed by atoms with van der Waals surface area (Å²) in [6, 6.07) is 5.97. The van der Waals surface area contributed by atoms with Crippen LogP contribution in [0.3, 0.4) is 0 Å². The molecule has 9 heteroatoms. The second-order valence-corrected chi connectivity index (χ2v) is 4.37. The fraction of sp³-hybridized carbons (Fsp3) is 0.231. The zero-order chi connectivity index (χ0) is 14.7. The van der Waals surface area contributed by atoms with E-state index < -0.39 is 11.7 Å². The van der Waals surface area contributed by atoms with E-state index >= 15 is 0 Å². The Morgan fingerprint density at radius 3 is 2.59 bits per heavy atom. The van der Waals surface area contributed by atoms with Gasteiger partial charge in [-0.2, -0.15) is 0 Å². The lowest BCUT2D eigenvalue weighted by Crippen LogP contribution is -2.42. The van der Waals surface area contributed by atoms with Gasteiger partial charge in [0, 0.05) is 17.4 Å². The second-order valence-electron chi connectivity index (χ2n) is 4.37. The minimum Gasteiger partial charge on any atom is -0.370 e. The van der Waals surface area contributed by atoms with Gasteiger partial charge in [0.2, 0.25) is 0 Å². The third kappa shape index (κ3) is 4.09. The predicted octanol–water partition coefficient (Wildman–Crippen LogP) is 1.84. The lowest BCUT2D eigenvalue weighted by atomic mass is 10.2. The van der Waals surface area contributed by atoms with Crippen molar-refractivity contribution in [2.24, 2.45) is 11.5 Å². The Morgan fingerprint density at radius 2 is 2.05 bits per heavy atom. The van der Waals surface area contributed by atoms with Crippen molar-refractivity contribution in [1.29, 1.82) is 5.41 Å². The minimum absolute atomic E-state index is 0. The van der Waals surface area contributed by atoms with Crippen molar-refractivity contribution in [1.82, 2.24) is 9.88 Å². The average Bonchev–Trinajstić information content (AvgIpc) is 2.84. The molecule has 1 aromatic carbocycles. The van der Waals surface area contributed by atoms with E-state index in [1.807, 2.05) is 0 Å². The van der Waals surface area contributed by atoms with Crippen molar-refractivity contribution < 1.29 is 9.18 Å². The number of H-pyrrole nitrogens is 1. The van der Waals surface area contributed by atoms with Gasteiger partial charge in [0.15, 0.2) is 5.96 Å². The number of hydrogen-bond donors (Lipinski definition) is 4. The van der Waals surface area contributed by atoms with Gasteiger partial charge in [-0.1, -0.05) is 6.07 Å². The summed E-state index contributed by atoms with van der Waals surface area (Å²) in [5.41, 5.74) is 11.5. The summed E-state index contributed by atoms with van der Waals surface area (Å²) in [7, 11) is 0. The second kappa shape index (κ2) is 8.57. The maximum absolute atomic E-state index is 13.6. The molecule has 0 aliphatic heterocycles. The monoisotopic (exact) mass is 349 g/mol. The molecule has 0 radical (unpaired) electrons. The summed E-state index contributed by atoms with van der Waals surface area (Å²) in [5, 5.41) is 7.77. The van der Waals surface area contributed by atoms with Crippen LogP contribution in [-0.2, 0) is 0 Å². The summed E-state index contributed by atoms with van der Waals surface area (Å²) in [6.07, 6.45) is 0.528. The first-order chi connectivity index (χ1) is 9.54. The lowest BCUT2D eigenvalue weighted by molar-refractivity contribution is 0.0839. The molecule has 0 aliphatic rings. The van der Waals surface area contributed by atoms with Crippen LogP contribution in [-0.4, -0.2) is 34.8 Å². The van der Waals surface area contributed by atoms with Crippen molar-refractivity contribution in [3.63, 3.8) is 0 Å². The number of amides is 1. The molecule has 2 aromatic rings. The molecular weight excluding hydrogens is 332 g/mol. The van der Waals surface area contributed by atoms with Gasteiger partial charge in [0.1, 0.15) is 11.5 Å². The van der Waals surface area contributed by atoms with Crippen LogP contribution in [0.15, 0.2) is 24.3 Å². The molecule has 0 saturated carbocycles. The third-order valence-electron chi connectivity index (χ3n) is 2.96. The number of nitrogens with two attached hydrogens (primary N) is 2. The highest BCUT2D eigenvalue weighted by atomic mass is 35.5. The van der Waals surface area contributed by atoms with Crippen LogP contribution in [0.1, 0.15) is 16.9 Å². The Hall–Kier alpha value is -1.83. The lowest BCUT2D eigenvalue weighted by Gasteiger charge is -2.19. The number of guanidine groups is 1. The number of fused-ring (bicyclic) bond motifs is 1.